The molecule has 23 atom stereocenters. The molecule has 17 nitrogen and oxygen atoms in total. The van der Waals surface area contributed by atoms with Crippen LogP contribution in [0.1, 0.15) is 113 Å². The molecular weight excluding hydrogens is 836 g/mol. The Labute approximate surface area is 376 Å². The Morgan fingerprint density at radius 1 is 0.625 bits per heavy atom. The maximum atomic E-state index is 14.6. The Hall–Kier alpha value is -0.970. The van der Waals surface area contributed by atoms with Crippen LogP contribution in [0.2, 0.25) is 0 Å². The van der Waals surface area contributed by atoms with E-state index in [0.717, 1.165) is 51.4 Å². The molecule has 0 aromatic carbocycles. The van der Waals surface area contributed by atoms with Crippen LogP contribution in [0, 0.1) is 50.2 Å². The SMILES string of the molecule is CC1(C)CC[C@]23CO[C@@]4(CC[C@@H]5[C@@]6(C)CC[C@H](O[C@@H]7OC[C@H](O[C@@H]8O[C@H](CO)[C@@H](O)[C@H](O)[C@H]8O)[C@H](O)[C@H]7O[C@@H]7O[C@H](CO)[C@@H](O)[C@H](O)[C@H]7O)C(C)(C)[C@@H]6CC[C@@]5(C)[C@]4(C)CC2=O)[C@@H]3C1. The molecule has 9 aliphatic rings. The fraction of sp³-hybridized carbons (Fsp3) is 0.979. The molecule has 4 heterocycles. The van der Waals surface area contributed by atoms with Gasteiger partial charge in [0.25, 0.3) is 0 Å². The first kappa shape index (κ1) is 48.1. The molecule has 9 rings (SSSR count). The second kappa shape index (κ2) is 16.3. The summed E-state index contributed by atoms with van der Waals surface area (Å²) in [5.41, 5.74) is -1.54. The average Bonchev–Trinajstić information content (AvgIpc) is 3.52. The molecule has 4 aliphatic heterocycles. The van der Waals surface area contributed by atoms with Crippen molar-refractivity contribution in [3.05, 3.63) is 0 Å². The van der Waals surface area contributed by atoms with Gasteiger partial charge in [0.2, 0.25) is 0 Å². The van der Waals surface area contributed by atoms with Crippen molar-refractivity contribution in [1.82, 2.24) is 0 Å². The normalized spacial score (nSPS) is 56.7. The van der Waals surface area contributed by atoms with Gasteiger partial charge in [0.05, 0.1) is 43.5 Å². The molecule has 1 spiro atoms. The third kappa shape index (κ3) is 6.79. The van der Waals surface area contributed by atoms with Crippen LogP contribution in [0.15, 0.2) is 0 Å². The summed E-state index contributed by atoms with van der Waals surface area (Å²) in [6.45, 7) is 15.3. The van der Waals surface area contributed by atoms with Crippen molar-refractivity contribution in [2.24, 2.45) is 50.2 Å². The molecule has 5 aliphatic carbocycles. The minimum absolute atomic E-state index is 0.105. The molecule has 0 aromatic rings. The van der Waals surface area contributed by atoms with Gasteiger partial charge < -0.3 is 79.1 Å². The van der Waals surface area contributed by atoms with Crippen LogP contribution in [0.3, 0.4) is 0 Å². The minimum atomic E-state index is -1.81. The number of hydrogen-bond donors (Lipinski definition) is 9. The number of hydrogen-bond acceptors (Lipinski definition) is 17. The summed E-state index contributed by atoms with van der Waals surface area (Å²) in [6.07, 6.45) is -13.6. The lowest BCUT2D eigenvalue weighted by atomic mass is 9.30. The van der Waals surface area contributed by atoms with E-state index in [0.29, 0.717) is 31.1 Å². The van der Waals surface area contributed by atoms with Gasteiger partial charge in [0, 0.05) is 17.8 Å². The molecule has 2 bridgehead atoms. The predicted octanol–water partition coefficient (Wildman–Crippen LogP) is 0.672. The second-order valence-corrected chi connectivity index (χ2v) is 23.6. The maximum absolute atomic E-state index is 14.6. The van der Waals surface area contributed by atoms with Gasteiger partial charge in [-0.1, -0.05) is 48.5 Å². The molecule has 0 amide bonds. The van der Waals surface area contributed by atoms with Gasteiger partial charge in [0.15, 0.2) is 18.9 Å². The van der Waals surface area contributed by atoms with Crippen molar-refractivity contribution < 1.29 is 83.9 Å². The Morgan fingerprint density at radius 2 is 1.23 bits per heavy atom. The largest absolute Gasteiger partial charge is 0.394 e. The highest BCUT2D eigenvalue weighted by Crippen LogP contribution is 2.80. The Balaban J connectivity index is 0.963. The van der Waals surface area contributed by atoms with Crippen LogP contribution in [0.4, 0.5) is 0 Å². The smallest absolute Gasteiger partial charge is 0.187 e. The van der Waals surface area contributed by atoms with E-state index >= 15 is 0 Å². The summed E-state index contributed by atoms with van der Waals surface area (Å²) in [7, 11) is 0. The summed E-state index contributed by atoms with van der Waals surface area (Å²) in [5.74, 6) is 1.16. The second-order valence-electron chi connectivity index (χ2n) is 23.6. The van der Waals surface area contributed by atoms with E-state index in [1.807, 2.05) is 0 Å². The fourth-order valence-corrected chi connectivity index (χ4v) is 16.0. The Kier molecular flexibility index (Phi) is 12.2. The first-order chi connectivity index (χ1) is 29.9. The topological polar surface area (TPSA) is 264 Å². The Bertz CT molecular complexity index is 1750. The van der Waals surface area contributed by atoms with Gasteiger partial charge in [-0.15, -0.1) is 0 Å². The molecule has 4 saturated heterocycles. The first-order valence-electron chi connectivity index (χ1n) is 24.0. The third-order valence-electron chi connectivity index (χ3n) is 19.9. The van der Waals surface area contributed by atoms with Crippen LogP contribution in [0.25, 0.3) is 0 Å². The molecule has 64 heavy (non-hydrogen) atoms. The summed E-state index contributed by atoms with van der Waals surface area (Å²) >= 11 is 0. The van der Waals surface area contributed by atoms with Crippen LogP contribution < -0.4 is 0 Å². The minimum Gasteiger partial charge on any atom is -0.394 e. The molecule has 0 aromatic heterocycles. The van der Waals surface area contributed by atoms with Gasteiger partial charge in [-0.25, -0.2) is 0 Å². The molecule has 366 valence electrons. The number of carbonyl (C=O) groups excluding carboxylic acids is 1. The number of aliphatic hydroxyl groups excluding tert-OH is 9. The third-order valence-corrected chi connectivity index (χ3v) is 19.9. The van der Waals surface area contributed by atoms with Crippen molar-refractivity contribution >= 4 is 5.78 Å². The number of aliphatic hydroxyl groups is 9. The van der Waals surface area contributed by atoms with E-state index in [4.69, 9.17) is 33.2 Å². The molecule has 17 heteroatoms. The number of ether oxygens (including phenoxy) is 7. The van der Waals surface area contributed by atoms with Crippen molar-refractivity contribution in [2.45, 2.75) is 210 Å². The van der Waals surface area contributed by atoms with Crippen LogP contribution in [-0.2, 0) is 38.0 Å². The zero-order valence-corrected chi connectivity index (χ0v) is 38.6. The summed E-state index contributed by atoms with van der Waals surface area (Å²) < 4.78 is 43.8. The van der Waals surface area contributed by atoms with Gasteiger partial charge in [-0.05, 0) is 91.3 Å². The zero-order chi connectivity index (χ0) is 46.3. The molecular formula is C47H76O17. The Morgan fingerprint density at radius 3 is 1.86 bits per heavy atom. The highest BCUT2D eigenvalue weighted by molar-refractivity contribution is 5.88. The van der Waals surface area contributed by atoms with Crippen LogP contribution >= 0.6 is 0 Å². The summed E-state index contributed by atoms with van der Waals surface area (Å²) in [6, 6.07) is 0. The molecule has 5 saturated carbocycles. The van der Waals surface area contributed by atoms with Crippen LogP contribution in [-0.4, -0.2) is 176 Å². The van der Waals surface area contributed by atoms with E-state index in [9.17, 15) is 50.8 Å². The lowest BCUT2D eigenvalue weighted by Crippen LogP contribution is -2.73. The van der Waals surface area contributed by atoms with Gasteiger partial charge in [0.1, 0.15) is 72.9 Å². The van der Waals surface area contributed by atoms with Crippen molar-refractivity contribution in [1.29, 1.82) is 0 Å². The van der Waals surface area contributed by atoms with Crippen molar-refractivity contribution in [2.75, 3.05) is 26.4 Å². The van der Waals surface area contributed by atoms with E-state index in [1.165, 1.54) is 0 Å². The van der Waals surface area contributed by atoms with E-state index in [2.05, 4.69) is 48.5 Å². The van der Waals surface area contributed by atoms with Crippen molar-refractivity contribution in [3.63, 3.8) is 0 Å². The molecule has 0 radical (unpaired) electrons. The summed E-state index contributed by atoms with van der Waals surface area (Å²) in [5, 5.41) is 95.3. The lowest BCUT2D eigenvalue weighted by Gasteiger charge is -2.74. The average molecular weight is 913 g/mol. The maximum Gasteiger partial charge on any atom is 0.187 e. The quantitative estimate of drug-likeness (QED) is 0.152. The number of rotatable bonds is 8. The van der Waals surface area contributed by atoms with Gasteiger partial charge in [-0.3, -0.25) is 4.79 Å². The zero-order valence-electron chi connectivity index (χ0n) is 38.6. The molecule has 9 fully saturated rings. The standard InChI is InChI=1S/C47H76O17/c1-41(2)14-15-46-21-59-47(27(46)16-41)13-9-26-43(5)11-10-29(42(3,4)25(43)8-12-44(26,6)45(47,7)17-28(46)50)63-40-37(64-39-36(57)34(55)31(52)23(19-49)61-39)32(53)24(20-58-40)62-38-35(56)33(54)30(51)22(18-48)60-38/h22-27,29-40,48-49,51-57H,8-21H2,1-7H3/t22-,23-,24+,25+,26-,27-,29+,30-,31-,32+,33+,34+,35-,36-,37-,38+,39+,40+,43+,44-,45+,46-,47+/m1/s1. The first-order valence-corrected chi connectivity index (χ1v) is 24.0. The van der Waals surface area contributed by atoms with Crippen molar-refractivity contribution in [3.8, 4) is 0 Å². The van der Waals surface area contributed by atoms with Gasteiger partial charge >= 0.3 is 0 Å². The molecule has 9 N–H and O–H groups in total. The summed E-state index contributed by atoms with van der Waals surface area (Å²) in [4.78, 5) is 14.6. The highest BCUT2D eigenvalue weighted by atomic mass is 16.8. The van der Waals surface area contributed by atoms with Gasteiger partial charge in [-0.2, -0.15) is 0 Å². The number of fused-ring (bicyclic) bond motifs is 4. The van der Waals surface area contributed by atoms with E-state index < -0.39 is 111 Å². The van der Waals surface area contributed by atoms with E-state index in [-0.39, 0.29) is 51.1 Å². The lowest BCUT2D eigenvalue weighted by molar-refractivity contribution is -0.382. The number of carbonyl (C=O) groups is 1. The number of Topliss-reactive ketones (excluding diaryl/α,β-unsaturated/α-hetero) is 1. The fourth-order valence-electron chi connectivity index (χ4n) is 16.0. The highest BCUT2D eigenvalue weighted by Gasteiger charge is 2.80. The van der Waals surface area contributed by atoms with Crippen LogP contribution in [0.5, 0.6) is 0 Å². The number of ketones is 1. The van der Waals surface area contributed by atoms with E-state index in [1.54, 1.807) is 0 Å². The molecule has 0 unspecified atom stereocenters. The monoisotopic (exact) mass is 913 g/mol. The predicted molar refractivity (Wildman–Crippen MR) is 223 cm³/mol.